The standard InChI is InChI=1S/C23H25Cl2N3O/c1-16-3-6-22(27-11-9-26(2)10-12-27)18(13-16)14-17-7-8-28(23(17)29)19-4-5-20(24)21(25)15-19/h3-6,13-15H,7-12H2,1-2H3/b17-14+. The van der Waals surface area contributed by atoms with Crippen molar-refractivity contribution in [3.05, 3.63) is 63.1 Å². The summed E-state index contributed by atoms with van der Waals surface area (Å²) in [6.45, 7) is 6.84. The van der Waals surface area contributed by atoms with Gasteiger partial charge in [-0.05, 0) is 62.4 Å². The van der Waals surface area contributed by atoms with E-state index in [1.807, 2.05) is 6.07 Å². The van der Waals surface area contributed by atoms with Gasteiger partial charge in [-0.2, -0.15) is 0 Å². The molecule has 2 heterocycles. The van der Waals surface area contributed by atoms with Crippen LogP contribution in [-0.4, -0.2) is 50.6 Å². The molecule has 0 unspecified atom stereocenters. The third kappa shape index (κ3) is 4.30. The van der Waals surface area contributed by atoms with Crippen LogP contribution in [0, 0.1) is 6.92 Å². The Kier molecular flexibility index (Phi) is 5.86. The Hall–Kier alpha value is -2.01. The maximum atomic E-state index is 13.1. The Morgan fingerprint density at radius 2 is 1.69 bits per heavy atom. The van der Waals surface area contributed by atoms with Gasteiger partial charge in [0.15, 0.2) is 0 Å². The van der Waals surface area contributed by atoms with Crippen molar-refractivity contribution in [2.75, 3.05) is 49.6 Å². The summed E-state index contributed by atoms with van der Waals surface area (Å²) in [5.74, 6) is 0.0363. The molecule has 6 heteroatoms. The number of rotatable bonds is 3. The summed E-state index contributed by atoms with van der Waals surface area (Å²) in [5, 5.41) is 0.958. The second-order valence-corrected chi connectivity index (χ2v) is 8.64. The van der Waals surface area contributed by atoms with Crippen LogP contribution >= 0.6 is 23.2 Å². The maximum Gasteiger partial charge on any atom is 0.254 e. The van der Waals surface area contributed by atoms with Crippen LogP contribution in [0.25, 0.3) is 6.08 Å². The second kappa shape index (κ2) is 8.39. The summed E-state index contributed by atoms with van der Waals surface area (Å²) in [4.78, 5) is 19.6. The number of halogens is 2. The predicted molar refractivity (Wildman–Crippen MR) is 122 cm³/mol. The zero-order valence-corrected chi connectivity index (χ0v) is 18.3. The van der Waals surface area contributed by atoms with Crippen molar-refractivity contribution in [1.29, 1.82) is 0 Å². The smallest absolute Gasteiger partial charge is 0.254 e. The number of carbonyl (C=O) groups is 1. The van der Waals surface area contributed by atoms with Crippen molar-refractivity contribution in [1.82, 2.24) is 4.90 Å². The van der Waals surface area contributed by atoms with Crippen molar-refractivity contribution >= 4 is 46.6 Å². The van der Waals surface area contributed by atoms with Crippen molar-refractivity contribution in [3.8, 4) is 0 Å². The summed E-state index contributed by atoms with van der Waals surface area (Å²) >= 11 is 12.2. The fraction of sp³-hybridized carbons (Fsp3) is 0.348. The third-order valence-electron chi connectivity index (χ3n) is 5.70. The average Bonchev–Trinajstić information content (AvgIpc) is 3.05. The molecule has 152 valence electrons. The van der Waals surface area contributed by atoms with Crippen LogP contribution in [-0.2, 0) is 4.79 Å². The van der Waals surface area contributed by atoms with Gasteiger partial charge in [0.2, 0.25) is 0 Å². The van der Waals surface area contributed by atoms with Gasteiger partial charge in [-0.3, -0.25) is 4.79 Å². The number of piperazine rings is 1. The van der Waals surface area contributed by atoms with E-state index in [1.165, 1.54) is 11.3 Å². The first-order chi connectivity index (χ1) is 13.9. The molecule has 0 spiro atoms. The zero-order valence-electron chi connectivity index (χ0n) is 16.8. The second-order valence-electron chi connectivity index (χ2n) is 7.83. The highest BCUT2D eigenvalue weighted by atomic mass is 35.5. The first kappa shape index (κ1) is 20.3. The molecule has 2 fully saturated rings. The van der Waals surface area contributed by atoms with Gasteiger partial charge in [0.05, 0.1) is 10.0 Å². The molecule has 2 aromatic carbocycles. The SMILES string of the molecule is Cc1ccc(N2CCN(C)CC2)c(/C=C2\CCN(c3ccc(Cl)c(Cl)c3)C2=O)c1. The molecule has 0 bridgehead atoms. The number of aryl methyl sites for hydroxylation is 1. The topological polar surface area (TPSA) is 26.8 Å². The minimum absolute atomic E-state index is 0.0363. The Bertz CT molecular complexity index is 965. The number of hydrogen-bond donors (Lipinski definition) is 0. The van der Waals surface area contributed by atoms with Crippen LogP contribution in [0.4, 0.5) is 11.4 Å². The summed E-state index contributed by atoms with van der Waals surface area (Å²) in [5.41, 5.74) is 5.14. The highest BCUT2D eigenvalue weighted by molar-refractivity contribution is 6.42. The predicted octanol–water partition coefficient (Wildman–Crippen LogP) is 4.87. The number of carbonyl (C=O) groups excluding carboxylic acids is 1. The summed E-state index contributed by atoms with van der Waals surface area (Å²) < 4.78 is 0. The molecule has 2 aliphatic heterocycles. The molecule has 4 nitrogen and oxygen atoms in total. The van der Waals surface area contributed by atoms with Crippen LogP contribution in [0.15, 0.2) is 42.0 Å². The molecule has 0 saturated carbocycles. The highest BCUT2D eigenvalue weighted by Gasteiger charge is 2.28. The zero-order chi connectivity index (χ0) is 20.5. The molecule has 2 aromatic rings. The van der Waals surface area contributed by atoms with Gasteiger partial charge in [0, 0.05) is 49.7 Å². The molecule has 0 radical (unpaired) electrons. The lowest BCUT2D eigenvalue weighted by Gasteiger charge is -2.35. The number of benzene rings is 2. The van der Waals surface area contributed by atoms with Gasteiger partial charge in [-0.1, -0.05) is 34.8 Å². The molecular formula is C23H25Cl2N3O. The lowest BCUT2D eigenvalue weighted by Crippen LogP contribution is -2.44. The fourth-order valence-electron chi connectivity index (χ4n) is 3.96. The Morgan fingerprint density at radius 3 is 2.41 bits per heavy atom. The van der Waals surface area contributed by atoms with Crippen LogP contribution in [0.1, 0.15) is 17.5 Å². The minimum Gasteiger partial charge on any atom is -0.368 e. The van der Waals surface area contributed by atoms with Crippen LogP contribution < -0.4 is 9.80 Å². The van der Waals surface area contributed by atoms with Gasteiger partial charge < -0.3 is 14.7 Å². The molecule has 2 aliphatic rings. The monoisotopic (exact) mass is 429 g/mol. The molecule has 0 aliphatic carbocycles. The van der Waals surface area contributed by atoms with Gasteiger partial charge in [0.1, 0.15) is 0 Å². The lowest BCUT2D eigenvalue weighted by molar-refractivity contribution is -0.114. The van der Waals surface area contributed by atoms with Gasteiger partial charge >= 0.3 is 0 Å². The van der Waals surface area contributed by atoms with Crippen molar-refractivity contribution in [2.45, 2.75) is 13.3 Å². The fourth-order valence-corrected chi connectivity index (χ4v) is 4.25. The molecule has 4 rings (SSSR count). The number of anilines is 2. The van der Waals surface area contributed by atoms with E-state index in [0.717, 1.165) is 49.4 Å². The van der Waals surface area contributed by atoms with Crippen molar-refractivity contribution in [3.63, 3.8) is 0 Å². The molecule has 0 atom stereocenters. The van der Waals surface area contributed by atoms with E-state index in [9.17, 15) is 4.79 Å². The molecule has 0 aromatic heterocycles. The maximum absolute atomic E-state index is 13.1. The van der Waals surface area contributed by atoms with E-state index in [2.05, 4.69) is 48.0 Å². The number of hydrogen-bond acceptors (Lipinski definition) is 3. The van der Waals surface area contributed by atoms with E-state index in [1.54, 1.807) is 17.0 Å². The summed E-state index contributed by atoms with van der Waals surface area (Å²) in [7, 11) is 2.16. The molecule has 0 N–H and O–H groups in total. The first-order valence-electron chi connectivity index (χ1n) is 9.94. The number of nitrogens with zero attached hydrogens (tertiary/aromatic N) is 3. The molecule has 1 amide bonds. The van der Waals surface area contributed by atoms with E-state index in [0.29, 0.717) is 16.6 Å². The van der Waals surface area contributed by atoms with E-state index in [4.69, 9.17) is 23.2 Å². The minimum atomic E-state index is 0.0363. The van der Waals surface area contributed by atoms with Crippen molar-refractivity contribution < 1.29 is 4.79 Å². The molecule has 2 saturated heterocycles. The Balaban J connectivity index is 1.62. The average molecular weight is 430 g/mol. The van der Waals surface area contributed by atoms with Crippen LogP contribution in [0.5, 0.6) is 0 Å². The number of amides is 1. The van der Waals surface area contributed by atoms with Gasteiger partial charge in [0.25, 0.3) is 5.91 Å². The Morgan fingerprint density at radius 1 is 0.931 bits per heavy atom. The van der Waals surface area contributed by atoms with E-state index < -0.39 is 0 Å². The molecular weight excluding hydrogens is 405 g/mol. The quantitative estimate of drug-likeness (QED) is 0.650. The van der Waals surface area contributed by atoms with Gasteiger partial charge in [-0.15, -0.1) is 0 Å². The van der Waals surface area contributed by atoms with Crippen LogP contribution in [0.3, 0.4) is 0 Å². The lowest BCUT2D eigenvalue weighted by atomic mass is 10.0. The third-order valence-corrected chi connectivity index (χ3v) is 6.44. The Labute approximate surface area is 182 Å². The van der Waals surface area contributed by atoms with Gasteiger partial charge in [-0.25, -0.2) is 0 Å². The van der Waals surface area contributed by atoms with Crippen LogP contribution in [0.2, 0.25) is 10.0 Å². The summed E-state index contributed by atoms with van der Waals surface area (Å²) in [6.07, 6.45) is 2.79. The normalized spacial score (nSPS) is 19.4. The van der Waals surface area contributed by atoms with E-state index in [-0.39, 0.29) is 5.91 Å². The van der Waals surface area contributed by atoms with Crippen molar-refractivity contribution in [2.24, 2.45) is 0 Å². The first-order valence-corrected chi connectivity index (χ1v) is 10.7. The summed E-state index contributed by atoms with van der Waals surface area (Å²) in [6, 6.07) is 11.8. The number of likely N-dealkylation sites (N-methyl/N-ethyl adjacent to an activating group) is 1. The highest BCUT2D eigenvalue weighted by Crippen LogP contribution is 2.33. The molecule has 29 heavy (non-hydrogen) atoms. The largest absolute Gasteiger partial charge is 0.368 e. The van der Waals surface area contributed by atoms with E-state index >= 15 is 0 Å².